The van der Waals surface area contributed by atoms with Gasteiger partial charge >= 0.3 is 6.03 Å². The lowest BCUT2D eigenvalue weighted by Gasteiger charge is -2.35. The summed E-state index contributed by atoms with van der Waals surface area (Å²) in [5.41, 5.74) is 1.66. The van der Waals surface area contributed by atoms with E-state index in [-0.39, 0.29) is 17.6 Å². The molecule has 3 rings (SSSR count). The second kappa shape index (κ2) is 9.48. The molecule has 0 aliphatic carbocycles. The van der Waals surface area contributed by atoms with Gasteiger partial charge in [0.2, 0.25) is 5.91 Å². The first-order chi connectivity index (χ1) is 13.9. The van der Waals surface area contributed by atoms with Gasteiger partial charge in [-0.1, -0.05) is 0 Å². The lowest BCUT2D eigenvalue weighted by Crippen LogP contribution is -2.54. The monoisotopic (exact) mass is 417 g/mol. The van der Waals surface area contributed by atoms with E-state index < -0.39 is 11.0 Å². The van der Waals surface area contributed by atoms with Crippen LogP contribution in [0.15, 0.2) is 41.1 Å². The average Bonchev–Trinajstić information content (AvgIpc) is 3.22. The molecule has 1 atom stereocenters. The Kier molecular flexibility index (Phi) is 6.78. The van der Waals surface area contributed by atoms with Crippen LogP contribution in [0.2, 0.25) is 0 Å². The number of nitrogens with zero attached hydrogens (tertiary/aromatic N) is 3. The molecule has 1 aliphatic rings. The fraction of sp³-hybridized carbons (Fsp3) is 0.368. The molecule has 1 fully saturated rings. The van der Waals surface area contributed by atoms with Gasteiger partial charge in [-0.25, -0.2) is 4.79 Å². The molecule has 10 heteroatoms. The molecule has 1 aromatic heterocycles. The molecule has 29 heavy (non-hydrogen) atoms. The number of anilines is 1. The summed E-state index contributed by atoms with van der Waals surface area (Å²) in [5.74, 6) is -0.386. The van der Waals surface area contributed by atoms with Crippen molar-refractivity contribution in [2.75, 3.05) is 31.5 Å². The first-order valence-corrected chi connectivity index (χ1v) is 10.2. The quantitative estimate of drug-likeness (QED) is 0.555. The van der Waals surface area contributed by atoms with E-state index >= 15 is 0 Å². The van der Waals surface area contributed by atoms with Gasteiger partial charge in [0, 0.05) is 50.5 Å². The molecule has 1 aliphatic heterocycles. The normalized spacial score (nSPS) is 15.6. The maximum Gasteiger partial charge on any atom is 0.318 e. The van der Waals surface area contributed by atoms with Crippen LogP contribution >= 0.6 is 11.3 Å². The third-order valence-electron chi connectivity index (χ3n) is 4.72. The lowest BCUT2D eigenvalue weighted by molar-refractivity contribution is -0.384. The molecule has 0 saturated carbocycles. The average molecular weight is 417 g/mol. The predicted molar refractivity (Wildman–Crippen MR) is 111 cm³/mol. The van der Waals surface area contributed by atoms with Gasteiger partial charge in [0.1, 0.15) is 6.04 Å². The van der Waals surface area contributed by atoms with Gasteiger partial charge in [-0.05, 0) is 41.4 Å². The number of hydrogen-bond acceptors (Lipinski definition) is 6. The maximum atomic E-state index is 12.5. The number of hydrogen-bond donors (Lipinski definition) is 2. The SMILES string of the molecule is CC(NC(=O)N1CCN(Cc2ccsc2)CC1)C(=O)Nc1ccc([N+](=O)[O-])cc1. The second-order valence-electron chi connectivity index (χ2n) is 6.86. The first-order valence-electron chi connectivity index (χ1n) is 9.26. The van der Waals surface area contributed by atoms with Crippen LogP contribution in [0.3, 0.4) is 0 Å². The van der Waals surface area contributed by atoms with E-state index in [1.165, 1.54) is 29.8 Å². The minimum atomic E-state index is -0.735. The van der Waals surface area contributed by atoms with E-state index in [2.05, 4.69) is 32.4 Å². The van der Waals surface area contributed by atoms with Crippen LogP contribution in [-0.2, 0) is 11.3 Å². The van der Waals surface area contributed by atoms with Crippen molar-refractivity contribution in [3.8, 4) is 0 Å². The number of thiophene rings is 1. The molecule has 2 heterocycles. The number of nitro benzene ring substituents is 1. The molecule has 3 amide bonds. The van der Waals surface area contributed by atoms with Gasteiger partial charge in [0.25, 0.3) is 5.69 Å². The molecule has 1 unspecified atom stereocenters. The summed E-state index contributed by atoms with van der Waals surface area (Å²) in [4.78, 5) is 38.9. The van der Waals surface area contributed by atoms with E-state index in [0.29, 0.717) is 18.8 Å². The standard InChI is InChI=1S/C19H23N5O4S/c1-14(18(25)21-16-2-4-17(5-3-16)24(27)28)20-19(26)23-9-7-22(8-10-23)12-15-6-11-29-13-15/h2-6,11,13-14H,7-10,12H2,1H3,(H,20,26)(H,21,25). The zero-order valence-electron chi connectivity index (χ0n) is 16.0. The Morgan fingerprint density at radius 3 is 2.45 bits per heavy atom. The number of benzene rings is 1. The van der Waals surface area contributed by atoms with Gasteiger partial charge in [-0.15, -0.1) is 0 Å². The van der Waals surface area contributed by atoms with Crippen LogP contribution < -0.4 is 10.6 Å². The zero-order chi connectivity index (χ0) is 20.8. The Bertz CT molecular complexity index is 848. The molecule has 2 aromatic rings. The number of non-ortho nitro benzene ring substituents is 1. The molecule has 9 nitrogen and oxygen atoms in total. The van der Waals surface area contributed by atoms with Crippen molar-refractivity contribution < 1.29 is 14.5 Å². The van der Waals surface area contributed by atoms with Crippen LogP contribution in [0.25, 0.3) is 0 Å². The molecule has 154 valence electrons. The number of carbonyl (C=O) groups is 2. The third-order valence-corrected chi connectivity index (χ3v) is 5.46. The van der Waals surface area contributed by atoms with Crippen LogP contribution in [0.1, 0.15) is 12.5 Å². The van der Waals surface area contributed by atoms with E-state index in [1.54, 1.807) is 23.2 Å². The van der Waals surface area contributed by atoms with Crippen molar-refractivity contribution in [1.29, 1.82) is 0 Å². The highest BCUT2D eigenvalue weighted by atomic mass is 32.1. The van der Waals surface area contributed by atoms with Crippen molar-refractivity contribution in [2.24, 2.45) is 0 Å². The van der Waals surface area contributed by atoms with E-state index in [9.17, 15) is 19.7 Å². The van der Waals surface area contributed by atoms with Crippen molar-refractivity contribution in [1.82, 2.24) is 15.1 Å². The highest BCUT2D eigenvalue weighted by Crippen LogP contribution is 2.16. The van der Waals surface area contributed by atoms with Crippen LogP contribution in [0.4, 0.5) is 16.2 Å². The van der Waals surface area contributed by atoms with Crippen molar-refractivity contribution >= 4 is 34.6 Å². The van der Waals surface area contributed by atoms with Crippen molar-refractivity contribution in [2.45, 2.75) is 19.5 Å². The Hall–Kier alpha value is -2.98. The number of nitro groups is 1. The predicted octanol–water partition coefficient (Wildman–Crippen LogP) is 2.51. The number of urea groups is 1. The molecule has 1 saturated heterocycles. The molecular weight excluding hydrogens is 394 g/mol. The minimum absolute atomic E-state index is 0.0532. The summed E-state index contributed by atoms with van der Waals surface area (Å²) < 4.78 is 0. The molecule has 0 radical (unpaired) electrons. The van der Waals surface area contributed by atoms with Gasteiger partial charge < -0.3 is 15.5 Å². The van der Waals surface area contributed by atoms with Gasteiger partial charge in [-0.2, -0.15) is 11.3 Å². The second-order valence-corrected chi connectivity index (χ2v) is 7.64. The number of carbonyl (C=O) groups excluding carboxylic acids is 2. The first kappa shape index (κ1) is 20.7. The summed E-state index contributed by atoms with van der Waals surface area (Å²) in [6, 6.07) is 6.64. The number of amides is 3. The Morgan fingerprint density at radius 2 is 1.86 bits per heavy atom. The molecular formula is C19H23N5O4S. The van der Waals surface area contributed by atoms with Crippen LogP contribution in [-0.4, -0.2) is 58.9 Å². The number of piperazine rings is 1. The summed E-state index contributed by atoms with van der Waals surface area (Å²) in [7, 11) is 0. The fourth-order valence-electron chi connectivity index (χ4n) is 3.01. The summed E-state index contributed by atoms with van der Waals surface area (Å²) in [5, 5.41) is 20.2. The van der Waals surface area contributed by atoms with E-state index in [0.717, 1.165) is 19.6 Å². The summed E-state index contributed by atoms with van der Waals surface area (Å²) in [6.07, 6.45) is 0. The van der Waals surface area contributed by atoms with Crippen molar-refractivity contribution in [3.05, 3.63) is 56.8 Å². The Balaban J connectivity index is 1.43. The Labute approximate surface area is 172 Å². The van der Waals surface area contributed by atoms with E-state index in [4.69, 9.17) is 0 Å². The van der Waals surface area contributed by atoms with Gasteiger partial charge in [0.05, 0.1) is 4.92 Å². The largest absolute Gasteiger partial charge is 0.326 e. The van der Waals surface area contributed by atoms with Crippen LogP contribution in [0.5, 0.6) is 0 Å². The van der Waals surface area contributed by atoms with Gasteiger partial charge in [0.15, 0.2) is 0 Å². The molecule has 0 bridgehead atoms. The zero-order valence-corrected chi connectivity index (χ0v) is 16.9. The maximum absolute atomic E-state index is 12.5. The molecule has 2 N–H and O–H groups in total. The topological polar surface area (TPSA) is 108 Å². The lowest BCUT2D eigenvalue weighted by atomic mass is 10.2. The highest BCUT2D eigenvalue weighted by Gasteiger charge is 2.24. The number of rotatable bonds is 6. The fourth-order valence-corrected chi connectivity index (χ4v) is 3.67. The van der Waals surface area contributed by atoms with Crippen LogP contribution in [0, 0.1) is 10.1 Å². The third kappa shape index (κ3) is 5.75. The van der Waals surface area contributed by atoms with E-state index in [1.807, 2.05) is 0 Å². The molecule has 0 spiro atoms. The smallest absolute Gasteiger partial charge is 0.318 e. The summed E-state index contributed by atoms with van der Waals surface area (Å²) in [6.45, 7) is 5.26. The Morgan fingerprint density at radius 1 is 1.17 bits per heavy atom. The van der Waals surface area contributed by atoms with Gasteiger partial charge in [-0.3, -0.25) is 19.8 Å². The number of nitrogens with one attached hydrogen (secondary N) is 2. The summed E-state index contributed by atoms with van der Waals surface area (Å²) >= 11 is 1.68. The van der Waals surface area contributed by atoms with Crippen molar-refractivity contribution in [3.63, 3.8) is 0 Å². The highest BCUT2D eigenvalue weighted by molar-refractivity contribution is 7.07. The molecule has 1 aromatic carbocycles. The minimum Gasteiger partial charge on any atom is -0.326 e.